The maximum absolute atomic E-state index is 6.11. The van der Waals surface area contributed by atoms with Gasteiger partial charge in [-0.1, -0.05) is 51.1 Å². The zero-order chi connectivity index (χ0) is 17.5. The zero-order valence-electron chi connectivity index (χ0n) is 15.2. The van der Waals surface area contributed by atoms with E-state index < -0.39 is 0 Å². The maximum atomic E-state index is 6.11. The highest BCUT2D eigenvalue weighted by Gasteiger charge is 2.35. The Kier molecular flexibility index (Phi) is 6.79. The normalized spacial score (nSPS) is 21.9. The molecule has 0 saturated heterocycles. The Morgan fingerprint density at radius 1 is 0.958 bits per heavy atom. The molecule has 0 bridgehead atoms. The van der Waals surface area contributed by atoms with E-state index in [0.717, 1.165) is 12.0 Å². The third-order valence-corrected chi connectivity index (χ3v) is 4.15. The summed E-state index contributed by atoms with van der Waals surface area (Å²) in [6.07, 6.45) is 0.703. The van der Waals surface area contributed by atoms with Gasteiger partial charge in [0.2, 0.25) is 11.8 Å². The van der Waals surface area contributed by atoms with E-state index in [1.54, 1.807) is 14.2 Å². The first-order chi connectivity index (χ1) is 11.6. The van der Waals surface area contributed by atoms with E-state index in [1.165, 1.54) is 0 Å². The highest BCUT2D eigenvalue weighted by atomic mass is 16.5. The SMILES string of the molecule is CC[C@@H](OCc1ccccc1)[C@H]1N=C(OC)[C@@H](C(C)C)N=C1OC. The van der Waals surface area contributed by atoms with Crippen molar-refractivity contribution in [3.63, 3.8) is 0 Å². The third-order valence-electron chi connectivity index (χ3n) is 4.15. The van der Waals surface area contributed by atoms with Crippen LogP contribution in [0, 0.1) is 5.92 Å². The van der Waals surface area contributed by atoms with Gasteiger partial charge in [0.1, 0.15) is 6.04 Å². The summed E-state index contributed by atoms with van der Waals surface area (Å²) >= 11 is 0. The first-order valence-electron chi connectivity index (χ1n) is 8.49. The first-order valence-corrected chi connectivity index (χ1v) is 8.49. The molecule has 0 fully saturated rings. The molecule has 1 heterocycles. The minimum atomic E-state index is -0.270. The summed E-state index contributed by atoms with van der Waals surface area (Å²) < 4.78 is 17.1. The molecule has 0 unspecified atom stereocenters. The van der Waals surface area contributed by atoms with Gasteiger partial charge >= 0.3 is 0 Å². The van der Waals surface area contributed by atoms with Crippen LogP contribution in [0.15, 0.2) is 40.3 Å². The van der Waals surface area contributed by atoms with Crippen molar-refractivity contribution in [2.75, 3.05) is 14.2 Å². The quantitative estimate of drug-likeness (QED) is 0.801. The van der Waals surface area contributed by atoms with Gasteiger partial charge in [-0.3, -0.25) is 0 Å². The third kappa shape index (κ3) is 4.35. The Bertz CT molecular complexity index is 569. The van der Waals surface area contributed by atoms with Gasteiger partial charge in [-0.2, -0.15) is 0 Å². The van der Waals surface area contributed by atoms with E-state index in [1.807, 2.05) is 18.2 Å². The number of rotatable bonds is 6. The van der Waals surface area contributed by atoms with Gasteiger partial charge in [-0.25, -0.2) is 9.98 Å². The van der Waals surface area contributed by atoms with Crippen molar-refractivity contribution in [2.45, 2.75) is 52.0 Å². The van der Waals surface area contributed by atoms with E-state index in [-0.39, 0.29) is 18.2 Å². The summed E-state index contributed by atoms with van der Waals surface area (Å²) in [5.41, 5.74) is 1.14. The summed E-state index contributed by atoms with van der Waals surface area (Å²) in [5, 5.41) is 0. The van der Waals surface area contributed by atoms with Crippen LogP contribution >= 0.6 is 0 Å². The molecule has 0 saturated carbocycles. The van der Waals surface area contributed by atoms with Crippen molar-refractivity contribution < 1.29 is 14.2 Å². The smallest absolute Gasteiger partial charge is 0.212 e. The van der Waals surface area contributed by atoms with Gasteiger partial charge in [0, 0.05) is 0 Å². The fraction of sp³-hybridized carbons (Fsp3) is 0.579. The van der Waals surface area contributed by atoms with Crippen molar-refractivity contribution in [3.8, 4) is 0 Å². The Morgan fingerprint density at radius 2 is 1.54 bits per heavy atom. The van der Waals surface area contributed by atoms with Crippen LogP contribution in [0.1, 0.15) is 32.8 Å². The Morgan fingerprint density at radius 3 is 2.08 bits per heavy atom. The minimum absolute atomic E-state index is 0.104. The van der Waals surface area contributed by atoms with E-state index in [4.69, 9.17) is 24.2 Å². The van der Waals surface area contributed by atoms with E-state index >= 15 is 0 Å². The lowest BCUT2D eigenvalue weighted by molar-refractivity contribution is 0.0294. The molecule has 0 radical (unpaired) electrons. The second-order valence-electron chi connectivity index (χ2n) is 6.22. The van der Waals surface area contributed by atoms with Crippen LogP contribution < -0.4 is 0 Å². The second-order valence-corrected chi connectivity index (χ2v) is 6.22. The second kappa shape index (κ2) is 8.83. The lowest BCUT2D eigenvalue weighted by Crippen LogP contribution is -2.43. The first kappa shape index (κ1) is 18.5. The Balaban J connectivity index is 2.16. The predicted octanol–water partition coefficient (Wildman–Crippen LogP) is 3.48. The molecule has 1 aliphatic rings. The standard InChI is InChI=1S/C19H28N2O3/c1-6-15(24-12-14-10-8-7-9-11-14)17-19(23-5)20-16(13(2)3)18(21-17)22-4/h7-11,13,15-17H,6,12H2,1-5H3/t15-,16-,17-/m1/s1. The van der Waals surface area contributed by atoms with Crippen molar-refractivity contribution in [2.24, 2.45) is 15.9 Å². The summed E-state index contributed by atoms with van der Waals surface area (Å²) in [5.74, 6) is 1.56. The van der Waals surface area contributed by atoms with Crippen molar-refractivity contribution in [1.29, 1.82) is 0 Å². The Labute approximate surface area is 144 Å². The van der Waals surface area contributed by atoms with Gasteiger partial charge in [0.05, 0.1) is 26.9 Å². The van der Waals surface area contributed by atoms with Gasteiger partial charge in [-0.15, -0.1) is 0 Å². The average molecular weight is 332 g/mol. The lowest BCUT2D eigenvalue weighted by Gasteiger charge is -2.30. The summed E-state index contributed by atoms with van der Waals surface area (Å²) in [4.78, 5) is 9.47. The molecule has 132 valence electrons. The van der Waals surface area contributed by atoms with Crippen LogP contribution in [-0.4, -0.2) is 44.2 Å². The number of hydrogen-bond acceptors (Lipinski definition) is 5. The molecule has 0 aromatic heterocycles. The highest BCUT2D eigenvalue weighted by molar-refractivity contribution is 5.94. The van der Waals surface area contributed by atoms with Crippen molar-refractivity contribution in [3.05, 3.63) is 35.9 Å². The Hall–Kier alpha value is -1.88. The monoisotopic (exact) mass is 332 g/mol. The lowest BCUT2D eigenvalue weighted by atomic mass is 10.0. The minimum Gasteiger partial charge on any atom is -0.483 e. The molecule has 1 aromatic rings. The van der Waals surface area contributed by atoms with Crippen LogP contribution in [0.25, 0.3) is 0 Å². The van der Waals surface area contributed by atoms with Crippen LogP contribution in [0.3, 0.4) is 0 Å². The largest absolute Gasteiger partial charge is 0.483 e. The fourth-order valence-corrected chi connectivity index (χ4v) is 2.77. The molecular formula is C19H28N2O3. The van der Waals surface area contributed by atoms with Crippen LogP contribution in [-0.2, 0) is 20.8 Å². The molecule has 2 rings (SSSR count). The molecule has 0 amide bonds. The number of benzene rings is 1. The molecule has 0 aliphatic carbocycles. The van der Waals surface area contributed by atoms with Crippen molar-refractivity contribution in [1.82, 2.24) is 0 Å². The number of ether oxygens (including phenoxy) is 3. The topological polar surface area (TPSA) is 52.4 Å². The van der Waals surface area contributed by atoms with Crippen LogP contribution in [0.5, 0.6) is 0 Å². The van der Waals surface area contributed by atoms with Crippen LogP contribution in [0.4, 0.5) is 0 Å². The van der Waals surface area contributed by atoms with E-state index in [9.17, 15) is 0 Å². The summed E-state index contributed by atoms with van der Waals surface area (Å²) in [6, 6.07) is 9.75. The van der Waals surface area contributed by atoms with Gasteiger partial charge in [0.25, 0.3) is 0 Å². The van der Waals surface area contributed by atoms with Crippen LogP contribution in [0.2, 0.25) is 0 Å². The number of methoxy groups -OCH3 is 2. The predicted molar refractivity (Wildman–Crippen MR) is 96.6 cm³/mol. The molecule has 1 aliphatic heterocycles. The van der Waals surface area contributed by atoms with Gasteiger partial charge in [0.15, 0.2) is 6.04 Å². The molecule has 3 atom stereocenters. The van der Waals surface area contributed by atoms with Gasteiger partial charge in [-0.05, 0) is 17.9 Å². The highest BCUT2D eigenvalue weighted by Crippen LogP contribution is 2.22. The molecule has 0 N–H and O–H groups in total. The fourth-order valence-electron chi connectivity index (χ4n) is 2.77. The zero-order valence-corrected chi connectivity index (χ0v) is 15.2. The molecule has 5 heteroatoms. The summed E-state index contributed by atoms with van der Waals surface area (Å²) in [6.45, 7) is 6.82. The number of hydrogen-bond donors (Lipinski definition) is 0. The molecule has 5 nitrogen and oxygen atoms in total. The number of aliphatic imine (C=N–C) groups is 2. The van der Waals surface area contributed by atoms with Crippen molar-refractivity contribution >= 4 is 11.8 Å². The van der Waals surface area contributed by atoms with E-state index in [2.05, 4.69) is 32.9 Å². The molecule has 24 heavy (non-hydrogen) atoms. The molecule has 0 spiro atoms. The van der Waals surface area contributed by atoms with E-state index in [0.29, 0.717) is 24.3 Å². The summed E-state index contributed by atoms with van der Waals surface area (Å²) in [7, 11) is 3.28. The number of nitrogens with zero attached hydrogens (tertiary/aromatic N) is 2. The molecule has 1 aromatic carbocycles. The van der Waals surface area contributed by atoms with Gasteiger partial charge < -0.3 is 14.2 Å². The molecular weight excluding hydrogens is 304 g/mol. The maximum Gasteiger partial charge on any atom is 0.212 e. The average Bonchev–Trinajstić information content (AvgIpc) is 2.62.